The molecule has 37 heavy (non-hydrogen) atoms. The molecule has 0 radical (unpaired) electrons. The van der Waals surface area contributed by atoms with Gasteiger partial charge in [-0.05, 0) is 80.2 Å². The van der Waals surface area contributed by atoms with Crippen molar-refractivity contribution < 1.29 is 18.9 Å². The van der Waals surface area contributed by atoms with Crippen molar-refractivity contribution in [3.8, 4) is 39.2 Å². The second-order valence-electron chi connectivity index (χ2n) is 9.03. The molecule has 0 bridgehead atoms. The van der Waals surface area contributed by atoms with Gasteiger partial charge < -0.3 is 23.8 Å². The van der Waals surface area contributed by atoms with Gasteiger partial charge in [0, 0.05) is 27.8 Å². The number of hydrogen-bond donors (Lipinski definition) is 0. The van der Waals surface area contributed by atoms with Gasteiger partial charge in [-0.15, -0.1) is 23.7 Å². The van der Waals surface area contributed by atoms with Gasteiger partial charge in [0.05, 0.1) is 20.8 Å². The van der Waals surface area contributed by atoms with Crippen LogP contribution in [0.4, 0.5) is 0 Å². The summed E-state index contributed by atoms with van der Waals surface area (Å²) in [6, 6.07) is 22.2. The van der Waals surface area contributed by atoms with Crippen LogP contribution in [0.1, 0.15) is 25.7 Å². The van der Waals surface area contributed by atoms with E-state index in [1.54, 1.807) is 25.6 Å². The normalized spacial score (nSPS) is 13.7. The van der Waals surface area contributed by atoms with Gasteiger partial charge in [0.15, 0.2) is 11.5 Å². The van der Waals surface area contributed by atoms with Gasteiger partial charge in [0.1, 0.15) is 17.2 Å². The van der Waals surface area contributed by atoms with Crippen LogP contribution >= 0.6 is 23.7 Å². The number of likely N-dealkylation sites (tertiary alicyclic amines) is 1. The summed E-state index contributed by atoms with van der Waals surface area (Å²) in [5.41, 5.74) is 0.975. The van der Waals surface area contributed by atoms with E-state index in [4.69, 9.17) is 18.9 Å². The highest BCUT2D eigenvalue weighted by Crippen LogP contribution is 2.45. The molecule has 1 aliphatic rings. The fraction of sp³-hybridized carbons (Fsp3) is 0.333. The van der Waals surface area contributed by atoms with Crippen molar-refractivity contribution in [2.24, 2.45) is 0 Å². The Morgan fingerprint density at radius 1 is 0.784 bits per heavy atom. The number of ether oxygens (including phenoxy) is 4. The van der Waals surface area contributed by atoms with Gasteiger partial charge >= 0.3 is 0 Å². The highest BCUT2D eigenvalue weighted by molar-refractivity contribution is 7.22. The van der Waals surface area contributed by atoms with E-state index in [0.29, 0.717) is 11.5 Å². The van der Waals surface area contributed by atoms with Crippen molar-refractivity contribution >= 4 is 33.8 Å². The van der Waals surface area contributed by atoms with Crippen molar-refractivity contribution in [3.05, 3.63) is 66.7 Å². The summed E-state index contributed by atoms with van der Waals surface area (Å²) in [4.78, 5) is 3.66. The summed E-state index contributed by atoms with van der Waals surface area (Å²) in [5.74, 6) is 3.59. The molecule has 0 spiro atoms. The lowest BCUT2D eigenvalue weighted by Crippen LogP contribution is -2.31. The largest absolute Gasteiger partial charge is 0.496 e. The number of nitrogens with zero attached hydrogens (tertiary/aromatic N) is 1. The first-order valence-electron chi connectivity index (χ1n) is 12.6. The average molecular weight is 540 g/mol. The van der Waals surface area contributed by atoms with Gasteiger partial charge in [0.25, 0.3) is 0 Å². The van der Waals surface area contributed by atoms with Crippen molar-refractivity contribution in [1.82, 2.24) is 4.90 Å². The predicted molar refractivity (Wildman–Crippen MR) is 155 cm³/mol. The Balaban J connectivity index is 0.00000320. The zero-order valence-electron chi connectivity index (χ0n) is 21.4. The van der Waals surface area contributed by atoms with E-state index in [1.807, 2.05) is 36.4 Å². The Morgan fingerprint density at radius 3 is 2.24 bits per heavy atom. The van der Waals surface area contributed by atoms with E-state index in [-0.39, 0.29) is 12.4 Å². The topological polar surface area (TPSA) is 40.2 Å². The van der Waals surface area contributed by atoms with Crippen molar-refractivity contribution in [3.63, 3.8) is 0 Å². The number of thiophene rings is 1. The standard InChI is InChI=1S/C30H33NO4S.ClH/c1-32-26-21-27(33-2)28(20-25(26)30-19-22-9-4-5-10-29(22)36-30)35-24-13-11-23(12-14-24)34-18-8-17-31-15-6-3-7-16-31;/h4-5,9-14,19-21H,3,6-8,15-18H2,1-2H3;1H. The van der Waals surface area contributed by atoms with Gasteiger partial charge in [0.2, 0.25) is 0 Å². The first-order valence-corrected chi connectivity index (χ1v) is 13.4. The van der Waals surface area contributed by atoms with Crippen molar-refractivity contribution in [2.75, 3.05) is 40.5 Å². The summed E-state index contributed by atoms with van der Waals surface area (Å²) in [5, 5.41) is 1.21. The maximum atomic E-state index is 6.26. The van der Waals surface area contributed by atoms with E-state index in [1.165, 1.54) is 42.4 Å². The highest BCUT2D eigenvalue weighted by atomic mass is 35.5. The molecule has 0 atom stereocenters. The maximum Gasteiger partial charge on any atom is 0.170 e. The molecule has 1 fully saturated rings. The van der Waals surface area contributed by atoms with Crippen LogP contribution in [-0.2, 0) is 0 Å². The van der Waals surface area contributed by atoms with Gasteiger partial charge in [-0.1, -0.05) is 24.6 Å². The van der Waals surface area contributed by atoms with E-state index in [9.17, 15) is 0 Å². The number of methoxy groups -OCH3 is 2. The third-order valence-corrected chi connectivity index (χ3v) is 7.71. The molecule has 4 aromatic rings. The van der Waals surface area contributed by atoms with Gasteiger partial charge in [-0.3, -0.25) is 0 Å². The number of halogens is 1. The number of hydrogen-bond acceptors (Lipinski definition) is 6. The molecular weight excluding hydrogens is 506 g/mol. The van der Waals surface area contributed by atoms with E-state index in [2.05, 4.69) is 35.2 Å². The summed E-state index contributed by atoms with van der Waals surface area (Å²) in [7, 11) is 3.32. The molecule has 1 aliphatic heterocycles. The molecule has 0 amide bonds. The van der Waals surface area contributed by atoms with Crippen LogP contribution in [0.3, 0.4) is 0 Å². The lowest BCUT2D eigenvalue weighted by Gasteiger charge is -2.26. The number of rotatable bonds is 10. The lowest BCUT2D eigenvalue weighted by atomic mass is 10.1. The lowest BCUT2D eigenvalue weighted by molar-refractivity contribution is 0.205. The Labute approximate surface area is 229 Å². The van der Waals surface area contributed by atoms with Gasteiger partial charge in [-0.25, -0.2) is 0 Å². The Bertz CT molecular complexity index is 1250. The number of benzene rings is 3. The maximum absolute atomic E-state index is 6.26. The molecule has 0 aliphatic carbocycles. The highest BCUT2D eigenvalue weighted by Gasteiger charge is 2.17. The Hall–Kier alpha value is -2.93. The molecular formula is C30H34ClNO4S. The molecule has 1 saturated heterocycles. The van der Waals surface area contributed by atoms with Crippen LogP contribution in [0, 0.1) is 0 Å². The fourth-order valence-electron chi connectivity index (χ4n) is 4.65. The number of piperidine rings is 1. The van der Waals surface area contributed by atoms with E-state index < -0.39 is 0 Å². The van der Waals surface area contributed by atoms with Crippen molar-refractivity contribution in [2.45, 2.75) is 25.7 Å². The second-order valence-corrected chi connectivity index (χ2v) is 10.1. The quantitative estimate of drug-likeness (QED) is 0.191. The molecule has 0 saturated carbocycles. The minimum absolute atomic E-state index is 0. The zero-order chi connectivity index (χ0) is 24.7. The third-order valence-electron chi connectivity index (χ3n) is 6.56. The molecule has 5 rings (SSSR count). The summed E-state index contributed by atoms with van der Waals surface area (Å²) in [6.07, 6.45) is 5.07. The summed E-state index contributed by atoms with van der Waals surface area (Å²) < 4.78 is 24.8. The van der Waals surface area contributed by atoms with Crippen LogP contribution in [0.15, 0.2) is 66.7 Å². The number of fused-ring (bicyclic) bond motifs is 1. The smallest absolute Gasteiger partial charge is 0.170 e. The molecule has 3 aromatic carbocycles. The molecule has 7 heteroatoms. The van der Waals surface area contributed by atoms with Crippen LogP contribution < -0.4 is 18.9 Å². The summed E-state index contributed by atoms with van der Waals surface area (Å²) in [6.45, 7) is 4.29. The van der Waals surface area contributed by atoms with Crippen LogP contribution in [0.5, 0.6) is 28.7 Å². The summed E-state index contributed by atoms with van der Waals surface area (Å²) >= 11 is 1.73. The predicted octanol–water partition coefficient (Wildman–Crippen LogP) is 8.05. The minimum atomic E-state index is 0. The van der Waals surface area contributed by atoms with Crippen LogP contribution in [0.2, 0.25) is 0 Å². The molecule has 5 nitrogen and oxygen atoms in total. The zero-order valence-corrected chi connectivity index (χ0v) is 23.0. The monoisotopic (exact) mass is 539 g/mol. The van der Waals surface area contributed by atoms with Crippen molar-refractivity contribution in [1.29, 1.82) is 0 Å². The second kappa shape index (κ2) is 13.0. The van der Waals surface area contributed by atoms with E-state index in [0.717, 1.165) is 47.3 Å². The molecule has 2 heterocycles. The van der Waals surface area contributed by atoms with Crippen LogP contribution in [-0.4, -0.2) is 45.4 Å². The minimum Gasteiger partial charge on any atom is -0.496 e. The Morgan fingerprint density at radius 2 is 1.51 bits per heavy atom. The average Bonchev–Trinajstić information content (AvgIpc) is 3.36. The van der Waals surface area contributed by atoms with Crippen LogP contribution in [0.25, 0.3) is 20.5 Å². The molecule has 196 valence electrons. The SMILES string of the molecule is COc1cc(OC)c(-c2cc3ccccc3s2)cc1Oc1ccc(OCCCN2CCCCC2)cc1.Cl. The van der Waals surface area contributed by atoms with Gasteiger partial charge in [-0.2, -0.15) is 0 Å². The molecule has 0 N–H and O–H groups in total. The Kier molecular flexibility index (Phi) is 9.56. The molecule has 0 unspecified atom stereocenters. The molecule has 1 aromatic heterocycles. The fourth-order valence-corrected chi connectivity index (χ4v) is 5.73. The van der Waals surface area contributed by atoms with E-state index >= 15 is 0 Å². The third kappa shape index (κ3) is 6.69. The first kappa shape index (κ1) is 27.1. The first-order chi connectivity index (χ1) is 17.7.